The van der Waals surface area contributed by atoms with E-state index in [1.807, 2.05) is 0 Å². The fraction of sp³-hybridized carbons (Fsp3) is 0.364. The molecule has 5 nitrogen and oxygen atoms in total. The molecule has 0 aliphatic rings. The number of primary sulfonamides is 1. The summed E-state index contributed by atoms with van der Waals surface area (Å²) >= 11 is 0. The number of carbonyl (C=O) groups is 1. The molecule has 1 aromatic rings. The zero-order chi connectivity index (χ0) is 13.8. The largest absolute Gasteiger partial charge is 0.466 e. The van der Waals surface area contributed by atoms with Crippen molar-refractivity contribution in [1.82, 2.24) is 0 Å². The van der Waals surface area contributed by atoms with Gasteiger partial charge >= 0.3 is 5.97 Å². The zero-order valence-corrected chi connectivity index (χ0v) is 10.7. The van der Waals surface area contributed by atoms with Crippen LogP contribution in [-0.2, 0) is 26.0 Å². The van der Waals surface area contributed by atoms with Gasteiger partial charge in [0.15, 0.2) is 0 Å². The number of hydrogen-bond acceptors (Lipinski definition) is 4. The molecule has 0 heterocycles. The van der Waals surface area contributed by atoms with Crippen molar-refractivity contribution in [3.05, 3.63) is 29.6 Å². The van der Waals surface area contributed by atoms with Gasteiger partial charge in [0, 0.05) is 6.42 Å². The first-order valence-corrected chi connectivity index (χ1v) is 6.86. The number of benzene rings is 1. The van der Waals surface area contributed by atoms with Gasteiger partial charge in [-0.15, -0.1) is 0 Å². The Morgan fingerprint density at radius 2 is 2.11 bits per heavy atom. The maximum absolute atomic E-state index is 13.5. The van der Waals surface area contributed by atoms with Gasteiger partial charge in [0.25, 0.3) is 0 Å². The van der Waals surface area contributed by atoms with Crippen molar-refractivity contribution in [1.29, 1.82) is 0 Å². The fourth-order valence-corrected chi connectivity index (χ4v) is 1.90. The predicted octanol–water partition coefficient (Wildman–Crippen LogP) is 0.969. The molecule has 100 valence electrons. The van der Waals surface area contributed by atoms with Crippen LogP contribution in [0.2, 0.25) is 0 Å². The van der Waals surface area contributed by atoms with Crippen LogP contribution in [0, 0.1) is 5.82 Å². The lowest BCUT2D eigenvalue weighted by Gasteiger charge is -2.05. The number of sulfonamides is 1. The molecule has 2 N–H and O–H groups in total. The summed E-state index contributed by atoms with van der Waals surface area (Å²) in [5.41, 5.74) is 0.246. The molecule has 0 amide bonds. The Morgan fingerprint density at radius 3 is 2.61 bits per heavy atom. The second-order valence-corrected chi connectivity index (χ2v) is 5.16. The molecule has 0 spiro atoms. The second kappa shape index (κ2) is 5.92. The van der Waals surface area contributed by atoms with Crippen molar-refractivity contribution < 1.29 is 22.3 Å². The highest BCUT2D eigenvalue weighted by Crippen LogP contribution is 2.15. The van der Waals surface area contributed by atoms with Gasteiger partial charge in [-0.05, 0) is 31.0 Å². The summed E-state index contributed by atoms with van der Waals surface area (Å²) in [6.45, 7) is 1.95. The average molecular weight is 275 g/mol. The van der Waals surface area contributed by atoms with Crippen molar-refractivity contribution in [2.45, 2.75) is 24.7 Å². The van der Waals surface area contributed by atoms with Crippen LogP contribution in [0.5, 0.6) is 0 Å². The Kier molecular flexibility index (Phi) is 4.80. The molecule has 0 aliphatic heterocycles. The van der Waals surface area contributed by atoms with E-state index in [0.29, 0.717) is 0 Å². The molecule has 0 aromatic heterocycles. The molecule has 0 bridgehead atoms. The third-order valence-electron chi connectivity index (χ3n) is 2.26. The van der Waals surface area contributed by atoms with Gasteiger partial charge in [0.1, 0.15) is 5.82 Å². The van der Waals surface area contributed by atoms with Crippen LogP contribution < -0.4 is 5.14 Å². The van der Waals surface area contributed by atoms with Crippen LogP contribution in [0.25, 0.3) is 0 Å². The minimum atomic E-state index is -3.91. The topological polar surface area (TPSA) is 86.5 Å². The van der Waals surface area contributed by atoms with E-state index in [1.54, 1.807) is 6.92 Å². The summed E-state index contributed by atoms with van der Waals surface area (Å²) in [6.07, 6.45) is 0.190. The van der Waals surface area contributed by atoms with Gasteiger partial charge in [-0.2, -0.15) is 0 Å². The number of ether oxygens (including phenoxy) is 1. The van der Waals surface area contributed by atoms with Crippen molar-refractivity contribution >= 4 is 16.0 Å². The summed E-state index contributed by atoms with van der Waals surface area (Å²) in [4.78, 5) is 10.8. The first-order chi connectivity index (χ1) is 8.34. The highest BCUT2D eigenvalue weighted by atomic mass is 32.2. The van der Waals surface area contributed by atoms with Gasteiger partial charge in [-0.3, -0.25) is 4.79 Å². The number of nitrogens with two attached hydrogens (primary N) is 1. The summed E-state index contributed by atoms with van der Waals surface area (Å²) in [7, 11) is -3.91. The van der Waals surface area contributed by atoms with Crippen molar-refractivity contribution in [2.75, 3.05) is 6.61 Å². The summed E-state index contributed by atoms with van der Waals surface area (Å²) in [6, 6.07) is 3.35. The lowest BCUT2D eigenvalue weighted by Crippen LogP contribution is -2.13. The predicted molar refractivity (Wildman–Crippen MR) is 62.7 cm³/mol. The molecule has 18 heavy (non-hydrogen) atoms. The van der Waals surface area contributed by atoms with E-state index in [2.05, 4.69) is 0 Å². The molecule has 0 fully saturated rings. The van der Waals surface area contributed by atoms with E-state index in [4.69, 9.17) is 9.88 Å². The van der Waals surface area contributed by atoms with Gasteiger partial charge in [-0.1, -0.05) is 6.07 Å². The highest BCUT2D eigenvalue weighted by molar-refractivity contribution is 7.89. The van der Waals surface area contributed by atoms with Crippen LogP contribution in [0.4, 0.5) is 4.39 Å². The Balaban J connectivity index is 2.78. The molecule has 0 saturated heterocycles. The quantitative estimate of drug-likeness (QED) is 0.811. The maximum Gasteiger partial charge on any atom is 0.306 e. The minimum absolute atomic E-state index is 0.0412. The maximum atomic E-state index is 13.5. The number of halogens is 1. The van der Waals surface area contributed by atoms with Crippen LogP contribution in [-0.4, -0.2) is 21.0 Å². The van der Waals surface area contributed by atoms with E-state index < -0.39 is 21.8 Å². The molecule has 0 aliphatic carbocycles. The van der Waals surface area contributed by atoms with E-state index >= 15 is 0 Å². The molecule has 0 atom stereocenters. The SMILES string of the molecule is CCOC(=O)CCc1ccc(S(N)(=O)=O)cc1F. The summed E-state index contributed by atoms with van der Waals surface area (Å²) in [5, 5.41) is 4.87. The van der Waals surface area contributed by atoms with E-state index in [-0.39, 0.29) is 29.9 Å². The lowest BCUT2D eigenvalue weighted by molar-refractivity contribution is -0.143. The Hall–Kier alpha value is -1.47. The van der Waals surface area contributed by atoms with Gasteiger partial charge in [0.2, 0.25) is 10.0 Å². The Labute approximate surface area is 105 Å². The van der Waals surface area contributed by atoms with Gasteiger partial charge < -0.3 is 4.74 Å². The van der Waals surface area contributed by atoms with E-state index in [0.717, 1.165) is 6.07 Å². The number of carbonyl (C=O) groups excluding carboxylic acids is 1. The van der Waals surface area contributed by atoms with Gasteiger partial charge in [0.05, 0.1) is 11.5 Å². The molecule has 0 unspecified atom stereocenters. The lowest BCUT2D eigenvalue weighted by atomic mass is 10.1. The van der Waals surface area contributed by atoms with Crippen molar-refractivity contribution in [3.8, 4) is 0 Å². The normalized spacial score (nSPS) is 11.3. The number of hydrogen-bond donors (Lipinski definition) is 1. The fourth-order valence-electron chi connectivity index (χ4n) is 1.38. The van der Waals surface area contributed by atoms with E-state index in [9.17, 15) is 17.6 Å². The molecular formula is C11H14FNO4S. The van der Waals surface area contributed by atoms with Crippen LogP contribution >= 0.6 is 0 Å². The third-order valence-corrected chi connectivity index (χ3v) is 3.17. The molecule has 1 aromatic carbocycles. The first kappa shape index (κ1) is 14.6. The molecule has 1 rings (SSSR count). The molecule has 7 heteroatoms. The monoisotopic (exact) mass is 275 g/mol. The second-order valence-electron chi connectivity index (χ2n) is 3.60. The molecular weight excluding hydrogens is 261 g/mol. The van der Waals surface area contributed by atoms with Crippen molar-refractivity contribution in [3.63, 3.8) is 0 Å². The van der Waals surface area contributed by atoms with Crippen molar-refractivity contribution in [2.24, 2.45) is 5.14 Å². The Morgan fingerprint density at radius 1 is 1.44 bits per heavy atom. The standard InChI is InChI=1S/C11H14FNO4S/c1-2-17-11(14)6-4-8-3-5-9(7-10(8)12)18(13,15)16/h3,5,7H,2,4,6H2,1H3,(H2,13,15,16). The third kappa shape index (κ3) is 4.08. The van der Waals surface area contributed by atoms with Crippen LogP contribution in [0.15, 0.2) is 23.1 Å². The minimum Gasteiger partial charge on any atom is -0.466 e. The highest BCUT2D eigenvalue weighted by Gasteiger charge is 2.12. The summed E-state index contributed by atoms with van der Waals surface area (Å²) < 4.78 is 40.2. The van der Waals surface area contributed by atoms with Crippen LogP contribution in [0.3, 0.4) is 0 Å². The van der Waals surface area contributed by atoms with Gasteiger partial charge in [-0.25, -0.2) is 17.9 Å². The first-order valence-electron chi connectivity index (χ1n) is 5.31. The number of esters is 1. The average Bonchev–Trinajstić information content (AvgIpc) is 2.26. The number of aryl methyl sites for hydroxylation is 1. The smallest absolute Gasteiger partial charge is 0.306 e. The van der Waals surface area contributed by atoms with E-state index in [1.165, 1.54) is 12.1 Å². The summed E-state index contributed by atoms with van der Waals surface area (Å²) in [5.74, 6) is -1.13. The van der Waals surface area contributed by atoms with Crippen LogP contribution in [0.1, 0.15) is 18.9 Å². The molecule has 0 radical (unpaired) electrons. The number of rotatable bonds is 5. The zero-order valence-electron chi connectivity index (χ0n) is 9.85. The molecule has 0 saturated carbocycles. The Bertz CT molecular complexity index is 542.